The van der Waals surface area contributed by atoms with Crippen molar-refractivity contribution in [3.8, 4) is 0 Å². The molecule has 0 aliphatic rings. The number of ether oxygens (including phenoxy) is 1. The molecule has 0 aromatic heterocycles. The third-order valence-corrected chi connectivity index (χ3v) is 3.19. The molecule has 0 amide bonds. The Balaban J connectivity index is 2.83. The molecule has 0 bridgehead atoms. The van der Waals surface area contributed by atoms with E-state index in [0.717, 1.165) is 0 Å². The highest BCUT2D eigenvalue weighted by atomic mass is 19.1. The van der Waals surface area contributed by atoms with E-state index in [0.29, 0.717) is 5.56 Å². The second-order valence-corrected chi connectivity index (χ2v) is 5.07. The standard InChI is InChI=1S/C16H19FO4/c1-4-21-16(20)15(19)13(10(2)3)9-14(18)11-5-7-12(17)8-6-11/h5-8,10,13H,4,9H2,1-3H3/t13-/m1/s1. The molecule has 0 aliphatic carbocycles. The summed E-state index contributed by atoms with van der Waals surface area (Å²) in [7, 11) is 0. The van der Waals surface area contributed by atoms with Crippen molar-refractivity contribution in [3.05, 3.63) is 35.6 Å². The van der Waals surface area contributed by atoms with E-state index in [4.69, 9.17) is 0 Å². The van der Waals surface area contributed by atoms with Crippen molar-refractivity contribution in [2.24, 2.45) is 11.8 Å². The fourth-order valence-corrected chi connectivity index (χ4v) is 1.94. The molecule has 1 aromatic carbocycles. The maximum absolute atomic E-state index is 12.8. The minimum Gasteiger partial charge on any atom is -0.460 e. The smallest absolute Gasteiger partial charge is 0.374 e. The highest BCUT2D eigenvalue weighted by Crippen LogP contribution is 2.20. The van der Waals surface area contributed by atoms with E-state index in [9.17, 15) is 18.8 Å². The van der Waals surface area contributed by atoms with Crippen molar-refractivity contribution in [1.29, 1.82) is 0 Å². The first kappa shape index (κ1) is 17.0. The average molecular weight is 294 g/mol. The van der Waals surface area contributed by atoms with Crippen LogP contribution in [0.2, 0.25) is 0 Å². The highest BCUT2D eigenvalue weighted by Gasteiger charge is 2.31. The van der Waals surface area contributed by atoms with Crippen LogP contribution in [0.25, 0.3) is 0 Å². The summed E-state index contributed by atoms with van der Waals surface area (Å²) in [5, 5.41) is 0. The number of carbonyl (C=O) groups excluding carboxylic acids is 3. The van der Waals surface area contributed by atoms with Crippen LogP contribution < -0.4 is 0 Å². The average Bonchev–Trinajstić information content (AvgIpc) is 2.44. The molecule has 0 aliphatic heterocycles. The topological polar surface area (TPSA) is 60.4 Å². The van der Waals surface area contributed by atoms with Crippen molar-refractivity contribution in [3.63, 3.8) is 0 Å². The Morgan fingerprint density at radius 2 is 1.71 bits per heavy atom. The zero-order valence-corrected chi connectivity index (χ0v) is 12.4. The van der Waals surface area contributed by atoms with Crippen LogP contribution in [0.1, 0.15) is 37.6 Å². The Morgan fingerprint density at radius 1 is 1.14 bits per heavy atom. The monoisotopic (exact) mass is 294 g/mol. The number of Topliss-reactive ketones (excluding diaryl/α,β-unsaturated/α-hetero) is 2. The Kier molecular flexibility index (Phi) is 6.21. The van der Waals surface area contributed by atoms with Crippen molar-refractivity contribution in [1.82, 2.24) is 0 Å². The first-order valence-electron chi connectivity index (χ1n) is 6.86. The van der Waals surface area contributed by atoms with Gasteiger partial charge < -0.3 is 4.74 Å². The van der Waals surface area contributed by atoms with E-state index in [1.165, 1.54) is 24.3 Å². The minimum absolute atomic E-state index is 0.0963. The summed E-state index contributed by atoms with van der Waals surface area (Å²) in [5.74, 6) is -3.25. The molecule has 0 radical (unpaired) electrons. The van der Waals surface area contributed by atoms with Gasteiger partial charge >= 0.3 is 5.97 Å². The predicted octanol–water partition coefficient (Wildman–Crippen LogP) is 2.80. The van der Waals surface area contributed by atoms with Gasteiger partial charge in [-0.05, 0) is 37.1 Å². The summed E-state index contributed by atoms with van der Waals surface area (Å²) in [5.41, 5.74) is 0.318. The van der Waals surface area contributed by atoms with Crippen LogP contribution in [0.3, 0.4) is 0 Å². The lowest BCUT2D eigenvalue weighted by molar-refractivity contribution is -0.155. The van der Waals surface area contributed by atoms with Gasteiger partial charge in [0.05, 0.1) is 6.61 Å². The summed E-state index contributed by atoms with van der Waals surface area (Å²) < 4.78 is 17.5. The van der Waals surface area contributed by atoms with Gasteiger partial charge in [0, 0.05) is 17.9 Å². The first-order valence-corrected chi connectivity index (χ1v) is 6.86. The van der Waals surface area contributed by atoms with Crippen LogP contribution in [0, 0.1) is 17.7 Å². The van der Waals surface area contributed by atoms with Crippen LogP contribution in [0.5, 0.6) is 0 Å². The number of ketones is 2. The lowest BCUT2D eigenvalue weighted by Crippen LogP contribution is -2.31. The van der Waals surface area contributed by atoms with Crippen LogP contribution in [-0.2, 0) is 14.3 Å². The maximum atomic E-state index is 12.8. The van der Waals surface area contributed by atoms with Gasteiger partial charge in [0.1, 0.15) is 5.82 Å². The molecule has 0 saturated heterocycles. The molecule has 114 valence electrons. The molecule has 21 heavy (non-hydrogen) atoms. The summed E-state index contributed by atoms with van der Waals surface area (Å²) in [6.45, 7) is 5.25. The second kappa shape index (κ2) is 7.67. The SMILES string of the molecule is CCOC(=O)C(=O)[C@H](CC(=O)c1ccc(F)cc1)C(C)C. The number of halogens is 1. The van der Waals surface area contributed by atoms with Crippen LogP contribution in [0.4, 0.5) is 4.39 Å². The van der Waals surface area contributed by atoms with E-state index in [2.05, 4.69) is 4.74 Å². The Labute approximate surface area is 123 Å². The third kappa shape index (κ3) is 4.77. The number of carbonyl (C=O) groups is 3. The Bertz CT molecular complexity index is 520. The number of hydrogen-bond donors (Lipinski definition) is 0. The van der Waals surface area contributed by atoms with Gasteiger partial charge in [-0.2, -0.15) is 0 Å². The van der Waals surface area contributed by atoms with Gasteiger partial charge in [0.25, 0.3) is 0 Å². The Morgan fingerprint density at radius 3 is 2.19 bits per heavy atom. The maximum Gasteiger partial charge on any atom is 0.374 e. The van der Waals surface area contributed by atoms with Gasteiger partial charge in [-0.1, -0.05) is 13.8 Å². The Hall–Kier alpha value is -2.04. The summed E-state index contributed by atoms with van der Waals surface area (Å²) in [4.78, 5) is 35.7. The quantitative estimate of drug-likeness (QED) is 0.441. The molecule has 1 aromatic rings. The van der Waals surface area contributed by atoms with Gasteiger partial charge in [-0.25, -0.2) is 9.18 Å². The number of benzene rings is 1. The molecule has 0 heterocycles. The molecule has 1 rings (SSSR count). The van der Waals surface area contributed by atoms with Gasteiger partial charge in [-0.15, -0.1) is 0 Å². The number of esters is 1. The van der Waals surface area contributed by atoms with E-state index in [1.807, 2.05) is 0 Å². The lowest BCUT2D eigenvalue weighted by atomic mass is 9.85. The molecule has 0 spiro atoms. The van der Waals surface area contributed by atoms with E-state index < -0.39 is 23.5 Å². The zero-order valence-electron chi connectivity index (χ0n) is 12.4. The predicted molar refractivity (Wildman–Crippen MR) is 75.3 cm³/mol. The number of hydrogen-bond acceptors (Lipinski definition) is 4. The van der Waals surface area contributed by atoms with Gasteiger partial charge in [0.2, 0.25) is 5.78 Å². The van der Waals surface area contributed by atoms with Crippen molar-refractivity contribution >= 4 is 17.5 Å². The van der Waals surface area contributed by atoms with Crippen molar-refractivity contribution < 1.29 is 23.5 Å². The summed E-state index contributed by atoms with van der Waals surface area (Å²) in [6.07, 6.45) is -0.0963. The van der Waals surface area contributed by atoms with Gasteiger partial charge in [-0.3, -0.25) is 9.59 Å². The first-order chi connectivity index (χ1) is 9.86. The molecule has 0 saturated carbocycles. The lowest BCUT2D eigenvalue weighted by Gasteiger charge is -2.17. The fourth-order valence-electron chi connectivity index (χ4n) is 1.94. The van der Waals surface area contributed by atoms with Crippen LogP contribution >= 0.6 is 0 Å². The summed E-state index contributed by atoms with van der Waals surface area (Å²) in [6, 6.07) is 5.10. The molecular formula is C16H19FO4. The minimum atomic E-state index is -0.914. The summed E-state index contributed by atoms with van der Waals surface area (Å²) >= 11 is 0. The largest absolute Gasteiger partial charge is 0.460 e. The van der Waals surface area contributed by atoms with Crippen molar-refractivity contribution in [2.45, 2.75) is 27.2 Å². The van der Waals surface area contributed by atoms with E-state index >= 15 is 0 Å². The third-order valence-electron chi connectivity index (χ3n) is 3.19. The zero-order chi connectivity index (χ0) is 16.0. The normalized spacial score (nSPS) is 12.0. The van der Waals surface area contributed by atoms with Crippen LogP contribution in [-0.4, -0.2) is 24.1 Å². The molecule has 0 N–H and O–H groups in total. The molecule has 4 nitrogen and oxygen atoms in total. The van der Waals surface area contributed by atoms with Gasteiger partial charge in [0.15, 0.2) is 5.78 Å². The molecular weight excluding hydrogens is 275 g/mol. The van der Waals surface area contributed by atoms with Crippen molar-refractivity contribution in [2.75, 3.05) is 6.61 Å². The van der Waals surface area contributed by atoms with E-state index in [-0.39, 0.29) is 24.7 Å². The van der Waals surface area contributed by atoms with E-state index in [1.54, 1.807) is 20.8 Å². The molecule has 0 unspecified atom stereocenters. The number of rotatable bonds is 7. The molecule has 5 heteroatoms. The fraction of sp³-hybridized carbons (Fsp3) is 0.438. The second-order valence-electron chi connectivity index (χ2n) is 5.07. The molecule has 1 atom stereocenters. The highest BCUT2D eigenvalue weighted by molar-refractivity contribution is 6.35. The molecule has 0 fully saturated rings. The van der Waals surface area contributed by atoms with Crippen LogP contribution in [0.15, 0.2) is 24.3 Å².